The van der Waals surface area contributed by atoms with Gasteiger partial charge in [-0.3, -0.25) is 4.79 Å². The third-order valence-corrected chi connectivity index (χ3v) is 4.60. The van der Waals surface area contributed by atoms with Gasteiger partial charge in [-0.05, 0) is 36.8 Å². The van der Waals surface area contributed by atoms with E-state index in [1.165, 1.54) is 0 Å². The number of hydrogen-bond donors (Lipinski definition) is 0. The Morgan fingerprint density at radius 2 is 1.96 bits per heavy atom. The molecule has 0 saturated heterocycles. The summed E-state index contributed by atoms with van der Waals surface area (Å²) < 4.78 is 11.1. The molecule has 1 aromatic heterocycles. The second-order valence-electron chi connectivity index (χ2n) is 6.45. The Labute approximate surface area is 152 Å². The lowest BCUT2D eigenvalue weighted by molar-refractivity contribution is -0.138. The second-order valence-corrected chi connectivity index (χ2v) is 6.45. The zero-order chi connectivity index (χ0) is 18.1. The zero-order valence-corrected chi connectivity index (χ0v) is 14.8. The van der Waals surface area contributed by atoms with Crippen LogP contribution in [0.1, 0.15) is 18.1 Å². The van der Waals surface area contributed by atoms with Gasteiger partial charge in [-0.15, -0.1) is 0 Å². The average molecular weight is 348 g/mol. The van der Waals surface area contributed by atoms with Crippen LogP contribution < -0.4 is 9.47 Å². The van der Waals surface area contributed by atoms with Crippen LogP contribution in [0.2, 0.25) is 0 Å². The van der Waals surface area contributed by atoms with Gasteiger partial charge in [0.25, 0.3) is 5.91 Å². The Bertz CT molecular complexity index is 953. The molecule has 2 heterocycles. The summed E-state index contributed by atoms with van der Waals surface area (Å²) in [6.07, 6.45) is -0.567. The van der Waals surface area contributed by atoms with Crippen molar-refractivity contribution >= 4 is 16.8 Å². The van der Waals surface area contributed by atoms with Crippen LogP contribution in [0.15, 0.2) is 54.6 Å². The molecule has 3 aromatic rings. The second kappa shape index (κ2) is 6.67. The molecule has 1 amide bonds. The van der Waals surface area contributed by atoms with Crippen molar-refractivity contribution < 1.29 is 14.3 Å². The Hall–Kier alpha value is -3.08. The first-order chi connectivity index (χ1) is 12.6. The Morgan fingerprint density at radius 1 is 1.19 bits per heavy atom. The standard InChI is InChI=1S/C21H20N2O3/c1-14-21(24)23(12-15-7-9-18(25-2)10-8-15)13-17-11-16-5-3-4-6-19(16)22-20(17)26-14/h3-11,14H,12-13H2,1-2H3/t14-/m0/s1. The van der Waals surface area contributed by atoms with Gasteiger partial charge in [-0.2, -0.15) is 0 Å². The predicted molar refractivity (Wildman–Crippen MR) is 99.1 cm³/mol. The molecule has 0 fully saturated rings. The maximum Gasteiger partial charge on any atom is 0.264 e. The molecule has 4 rings (SSSR count). The highest BCUT2D eigenvalue weighted by Gasteiger charge is 2.29. The molecule has 0 bridgehead atoms. The van der Waals surface area contributed by atoms with Crippen LogP contribution in [-0.2, 0) is 17.9 Å². The molecule has 0 saturated carbocycles. The molecule has 5 nitrogen and oxygen atoms in total. The quantitative estimate of drug-likeness (QED) is 0.726. The molecule has 5 heteroatoms. The molecule has 1 aliphatic heterocycles. The van der Waals surface area contributed by atoms with Crippen LogP contribution in [0.4, 0.5) is 0 Å². The zero-order valence-electron chi connectivity index (χ0n) is 14.8. The summed E-state index contributed by atoms with van der Waals surface area (Å²) in [5.41, 5.74) is 2.84. The van der Waals surface area contributed by atoms with E-state index in [2.05, 4.69) is 11.1 Å². The number of methoxy groups -OCH3 is 1. The van der Waals surface area contributed by atoms with E-state index < -0.39 is 6.10 Å². The number of carbonyl (C=O) groups is 1. The maximum atomic E-state index is 12.8. The molecule has 0 spiro atoms. The third-order valence-electron chi connectivity index (χ3n) is 4.60. The fraction of sp³-hybridized carbons (Fsp3) is 0.238. The number of fused-ring (bicyclic) bond motifs is 2. The number of amides is 1. The van der Waals surface area contributed by atoms with Crippen molar-refractivity contribution in [2.24, 2.45) is 0 Å². The number of rotatable bonds is 3. The van der Waals surface area contributed by atoms with E-state index in [-0.39, 0.29) is 5.91 Å². The van der Waals surface area contributed by atoms with Gasteiger partial charge in [-0.25, -0.2) is 4.98 Å². The van der Waals surface area contributed by atoms with Gasteiger partial charge in [0, 0.05) is 17.5 Å². The first kappa shape index (κ1) is 16.4. The molecule has 1 atom stereocenters. The Balaban J connectivity index is 1.67. The normalized spacial score (nSPS) is 16.8. The molecular weight excluding hydrogens is 328 g/mol. The molecule has 0 unspecified atom stereocenters. The smallest absolute Gasteiger partial charge is 0.264 e. The molecule has 1 aliphatic rings. The van der Waals surface area contributed by atoms with Crippen LogP contribution in [-0.4, -0.2) is 29.0 Å². The van der Waals surface area contributed by atoms with Crippen molar-refractivity contribution in [2.45, 2.75) is 26.1 Å². The van der Waals surface area contributed by atoms with Crippen LogP contribution in [0.5, 0.6) is 11.6 Å². The number of aromatic nitrogens is 1. The van der Waals surface area contributed by atoms with Gasteiger partial charge in [0.2, 0.25) is 5.88 Å². The summed E-state index contributed by atoms with van der Waals surface area (Å²) in [7, 11) is 1.64. The van der Waals surface area contributed by atoms with Gasteiger partial charge in [-0.1, -0.05) is 30.3 Å². The molecule has 0 aliphatic carbocycles. The number of carbonyl (C=O) groups excluding carboxylic acids is 1. The monoisotopic (exact) mass is 348 g/mol. The first-order valence-electron chi connectivity index (χ1n) is 8.61. The van der Waals surface area contributed by atoms with E-state index in [4.69, 9.17) is 9.47 Å². The number of ether oxygens (including phenoxy) is 2. The highest BCUT2D eigenvalue weighted by atomic mass is 16.5. The van der Waals surface area contributed by atoms with Crippen LogP contribution in [0.25, 0.3) is 10.9 Å². The minimum atomic E-state index is -0.567. The lowest BCUT2D eigenvalue weighted by atomic mass is 10.1. The molecule has 0 radical (unpaired) electrons. The number of pyridine rings is 1. The van der Waals surface area contributed by atoms with Crippen LogP contribution in [0.3, 0.4) is 0 Å². The molecule has 0 N–H and O–H groups in total. The van der Waals surface area contributed by atoms with Crippen molar-refractivity contribution in [3.05, 3.63) is 65.7 Å². The minimum absolute atomic E-state index is 0.0390. The first-order valence-corrected chi connectivity index (χ1v) is 8.61. The van der Waals surface area contributed by atoms with E-state index >= 15 is 0 Å². The number of hydrogen-bond acceptors (Lipinski definition) is 4. The van der Waals surface area contributed by atoms with E-state index in [0.717, 1.165) is 27.8 Å². The van der Waals surface area contributed by atoms with Crippen molar-refractivity contribution in [1.82, 2.24) is 9.88 Å². The summed E-state index contributed by atoms with van der Waals surface area (Å²) in [5, 5.41) is 1.04. The highest BCUT2D eigenvalue weighted by Crippen LogP contribution is 2.28. The van der Waals surface area contributed by atoms with Crippen LogP contribution >= 0.6 is 0 Å². The number of benzene rings is 2. The third kappa shape index (κ3) is 3.08. The Morgan fingerprint density at radius 3 is 2.73 bits per heavy atom. The van der Waals surface area contributed by atoms with Crippen molar-refractivity contribution in [1.29, 1.82) is 0 Å². The summed E-state index contributed by atoms with van der Waals surface area (Å²) in [5.74, 6) is 1.30. The van der Waals surface area contributed by atoms with Gasteiger partial charge in [0.15, 0.2) is 6.10 Å². The summed E-state index contributed by atoms with van der Waals surface area (Å²) >= 11 is 0. The van der Waals surface area contributed by atoms with E-state index in [0.29, 0.717) is 19.0 Å². The average Bonchev–Trinajstić information content (AvgIpc) is 2.77. The van der Waals surface area contributed by atoms with Crippen LogP contribution in [0, 0.1) is 0 Å². The lowest BCUT2D eigenvalue weighted by Crippen LogP contribution is -2.37. The molecule has 132 valence electrons. The summed E-state index contributed by atoms with van der Waals surface area (Å²) in [4.78, 5) is 19.2. The molecular formula is C21H20N2O3. The summed E-state index contributed by atoms with van der Waals surface area (Å²) in [6.45, 7) is 2.76. The SMILES string of the molecule is COc1ccc(CN2Cc3cc4ccccc4nc3O[C@@H](C)C2=O)cc1. The Kier molecular flexibility index (Phi) is 4.21. The molecule has 26 heavy (non-hydrogen) atoms. The highest BCUT2D eigenvalue weighted by molar-refractivity contribution is 5.83. The fourth-order valence-electron chi connectivity index (χ4n) is 3.20. The largest absolute Gasteiger partial charge is 0.497 e. The van der Waals surface area contributed by atoms with Gasteiger partial charge < -0.3 is 14.4 Å². The van der Waals surface area contributed by atoms with E-state index in [1.54, 1.807) is 14.0 Å². The van der Waals surface area contributed by atoms with Gasteiger partial charge in [0.1, 0.15) is 5.75 Å². The fourth-order valence-corrected chi connectivity index (χ4v) is 3.20. The minimum Gasteiger partial charge on any atom is -0.497 e. The topological polar surface area (TPSA) is 51.7 Å². The van der Waals surface area contributed by atoms with Crippen molar-refractivity contribution in [2.75, 3.05) is 7.11 Å². The maximum absolute atomic E-state index is 12.8. The predicted octanol–water partition coefficient (Wildman–Crippen LogP) is 3.55. The van der Waals surface area contributed by atoms with Crippen molar-refractivity contribution in [3.8, 4) is 11.6 Å². The molecule has 2 aromatic carbocycles. The van der Waals surface area contributed by atoms with Crippen molar-refractivity contribution in [3.63, 3.8) is 0 Å². The van der Waals surface area contributed by atoms with Gasteiger partial charge in [0.05, 0.1) is 19.2 Å². The van der Waals surface area contributed by atoms with Gasteiger partial charge >= 0.3 is 0 Å². The van der Waals surface area contributed by atoms with E-state index in [1.807, 2.05) is 53.4 Å². The van der Waals surface area contributed by atoms with E-state index in [9.17, 15) is 4.79 Å². The number of nitrogens with zero attached hydrogens (tertiary/aromatic N) is 2. The number of para-hydroxylation sites is 1. The summed E-state index contributed by atoms with van der Waals surface area (Å²) in [6, 6.07) is 17.7. The lowest BCUT2D eigenvalue weighted by Gasteiger charge is -2.22.